The Morgan fingerprint density at radius 2 is 1.35 bits per heavy atom. The number of carbonyl (C=O) groups is 1. The minimum absolute atomic E-state index is 0.0107. The number of unbranched alkanes of at least 4 members (excludes halogenated alkanes) is 9. The molecule has 6 heteroatoms. The molecule has 0 amide bonds. The average Bonchev–Trinajstić information content (AvgIpc) is 2.39. The lowest BCUT2D eigenvalue weighted by Gasteiger charge is -2.05. The summed E-state index contributed by atoms with van der Waals surface area (Å²) in [7, 11) is -3.48. The standard InChI is InChI=1S/C14H29NO4S/c1-3-4-5-6-7-8-9-10-11-12-13-20(17,18)15-19-14(2)16/h15H,3-13H2,1-2H3. The van der Waals surface area contributed by atoms with Gasteiger partial charge < -0.3 is 4.84 Å². The zero-order chi connectivity index (χ0) is 15.3. The second-order valence-corrected chi connectivity index (χ2v) is 6.98. The van der Waals surface area contributed by atoms with Crippen LogP contribution < -0.4 is 4.89 Å². The maximum Gasteiger partial charge on any atom is 0.323 e. The lowest BCUT2D eigenvalue weighted by molar-refractivity contribution is -0.144. The van der Waals surface area contributed by atoms with Crippen LogP contribution in [0.4, 0.5) is 0 Å². The molecule has 0 aliphatic rings. The smallest absolute Gasteiger partial charge is 0.323 e. The molecule has 0 unspecified atom stereocenters. The van der Waals surface area contributed by atoms with Gasteiger partial charge in [0, 0.05) is 6.92 Å². The van der Waals surface area contributed by atoms with Gasteiger partial charge >= 0.3 is 5.97 Å². The summed E-state index contributed by atoms with van der Waals surface area (Å²) in [5.41, 5.74) is 0. The molecule has 0 rings (SSSR count). The summed E-state index contributed by atoms with van der Waals surface area (Å²) in [5, 5.41) is 0. The predicted octanol–water partition coefficient (Wildman–Crippen LogP) is 3.30. The summed E-state index contributed by atoms with van der Waals surface area (Å²) >= 11 is 0. The van der Waals surface area contributed by atoms with E-state index in [9.17, 15) is 13.2 Å². The lowest BCUT2D eigenvalue weighted by Crippen LogP contribution is -2.28. The Morgan fingerprint density at radius 1 is 0.900 bits per heavy atom. The Balaban J connectivity index is 3.37. The number of carbonyl (C=O) groups excluding carboxylic acids is 1. The van der Waals surface area contributed by atoms with E-state index in [4.69, 9.17) is 0 Å². The van der Waals surface area contributed by atoms with Crippen molar-refractivity contribution >= 4 is 16.0 Å². The molecule has 0 heterocycles. The third kappa shape index (κ3) is 13.8. The maximum absolute atomic E-state index is 11.4. The molecule has 0 saturated carbocycles. The zero-order valence-corrected chi connectivity index (χ0v) is 13.6. The van der Waals surface area contributed by atoms with Crippen molar-refractivity contribution in [3.8, 4) is 0 Å². The molecular formula is C14H29NO4S. The minimum Gasteiger partial charge on any atom is -0.356 e. The molecule has 0 aromatic carbocycles. The molecular weight excluding hydrogens is 278 g/mol. The van der Waals surface area contributed by atoms with Crippen molar-refractivity contribution in [2.24, 2.45) is 0 Å². The van der Waals surface area contributed by atoms with Crippen LogP contribution in [0.25, 0.3) is 0 Å². The molecule has 0 atom stereocenters. The molecule has 1 N–H and O–H groups in total. The van der Waals surface area contributed by atoms with E-state index in [1.807, 2.05) is 4.89 Å². The van der Waals surface area contributed by atoms with Gasteiger partial charge in [0.15, 0.2) is 0 Å². The topological polar surface area (TPSA) is 72.5 Å². The molecule has 0 aliphatic heterocycles. The number of hydrogen-bond acceptors (Lipinski definition) is 4. The van der Waals surface area contributed by atoms with Crippen molar-refractivity contribution in [1.82, 2.24) is 4.89 Å². The third-order valence-electron chi connectivity index (χ3n) is 3.08. The third-order valence-corrected chi connectivity index (χ3v) is 4.24. The van der Waals surface area contributed by atoms with Crippen LogP contribution in [0, 0.1) is 0 Å². The molecule has 0 radical (unpaired) electrons. The van der Waals surface area contributed by atoms with Crippen LogP contribution in [0.15, 0.2) is 0 Å². The monoisotopic (exact) mass is 307 g/mol. The SMILES string of the molecule is CCCCCCCCCCCCS(=O)(=O)NOC(C)=O. The van der Waals surface area contributed by atoms with E-state index in [1.165, 1.54) is 44.9 Å². The van der Waals surface area contributed by atoms with E-state index < -0.39 is 16.0 Å². The fourth-order valence-corrected chi connectivity index (χ4v) is 2.86. The molecule has 0 saturated heterocycles. The van der Waals surface area contributed by atoms with Crippen LogP contribution in [0.2, 0.25) is 0 Å². The summed E-state index contributed by atoms with van der Waals surface area (Å²) in [6.07, 6.45) is 11.5. The van der Waals surface area contributed by atoms with Crippen molar-refractivity contribution in [3.05, 3.63) is 0 Å². The van der Waals surface area contributed by atoms with Gasteiger partial charge in [-0.05, 0) is 11.3 Å². The maximum atomic E-state index is 11.4. The lowest BCUT2D eigenvalue weighted by atomic mass is 10.1. The van der Waals surface area contributed by atoms with Crippen LogP contribution in [0.1, 0.15) is 78.1 Å². The van der Waals surface area contributed by atoms with Crippen molar-refractivity contribution in [1.29, 1.82) is 0 Å². The molecule has 20 heavy (non-hydrogen) atoms. The molecule has 0 aromatic heterocycles. The Hall–Kier alpha value is -0.620. The number of hydrogen-bond donors (Lipinski definition) is 1. The second kappa shape index (κ2) is 12.1. The molecule has 0 aromatic rings. The summed E-state index contributed by atoms with van der Waals surface area (Å²) in [6, 6.07) is 0. The highest BCUT2D eigenvalue weighted by Gasteiger charge is 2.10. The number of rotatable bonds is 13. The Labute approximate surface area is 123 Å². The van der Waals surface area contributed by atoms with E-state index in [0.717, 1.165) is 19.8 Å². The van der Waals surface area contributed by atoms with Gasteiger partial charge in [0.2, 0.25) is 10.0 Å². The van der Waals surface area contributed by atoms with Gasteiger partial charge in [0.25, 0.3) is 0 Å². The van der Waals surface area contributed by atoms with Gasteiger partial charge in [-0.2, -0.15) is 0 Å². The first kappa shape index (κ1) is 19.4. The zero-order valence-electron chi connectivity index (χ0n) is 12.8. The van der Waals surface area contributed by atoms with E-state index >= 15 is 0 Å². The molecule has 0 bridgehead atoms. The van der Waals surface area contributed by atoms with E-state index in [1.54, 1.807) is 0 Å². The van der Waals surface area contributed by atoms with Crippen molar-refractivity contribution < 1.29 is 18.0 Å². The van der Waals surface area contributed by atoms with E-state index in [2.05, 4.69) is 11.8 Å². The molecule has 0 fully saturated rings. The van der Waals surface area contributed by atoms with Gasteiger partial charge in [0.05, 0.1) is 5.75 Å². The van der Waals surface area contributed by atoms with Gasteiger partial charge in [-0.15, -0.1) is 0 Å². The second-order valence-electron chi connectivity index (χ2n) is 5.18. The Morgan fingerprint density at radius 3 is 1.80 bits per heavy atom. The number of sulfonamides is 1. The molecule has 5 nitrogen and oxygen atoms in total. The van der Waals surface area contributed by atoms with Crippen LogP contribution >= 0.6 is 0 Å². The first-order valence-corrected chi connectivity index (χ1v) is 9.30. The summed E-state index contributed by atoms with van der Waals surface area (Å²) in [4.78, 5) is 16.6. The quantitative estimate of drug-likeness (QED) is 0.418. The van der Waals surface area contributed by atoms with Gasteiger partial charge in [-0.1, -0.05) is 64.7 Å². The normalized spacial score (nSPS) is 11.5. The van der Waals surface area contributed by atoms with Gasteiger partial charge in [-0.3, -0.25) is 4.79 Å². The summed E-state index contributed by atoms with van der Waals surface area (Å²) < 4.78 is 22.8. The largest absolute Gasteiger partial charge is 0.356 e. The minimum atomic E-state index is -3.48. The highest BCUT2D eigenvalue weighted by atomic mass is 32.2. The summed E-state index contributed by atoms with van der Waals surface area (Å²) in [6.45, 7) is 3.37. The number of nitrogens with one attached hydrogen (secondary N) is 1. The van der Waals surface area contributed by atoms with Crippen molar-refractivity contribution in [2.75, 3.05) is 5.75 Å². The highest BCUT2D eigenvalue weighted by Crippen LogP contribution is 2.10. The van der Waals surface area contributed by atoms with E-state index in [-0.39, 0.29) is 5.75 Å². The van der Waals surface area contributed by atoms with Crippen molar-refractivity contribution in [3.63, 3.8) is 0 Å². The van der Waals surface area contributed by atoms with Crippen LogP contribution in [-0.2, 0) is 19.7 Å². The predicted molar refractivity (Wildman–Crippen MR) is 80.5 cm³/mol. The van der Waals surface area contributed by atoms with E-state index in [0.29, 0.717) is 6.42 Å². The fourth-order valence-electron chi connectivity index (χ4n) is 1.94. The fraction of sp³-hybridized carbons (Fsp3) is 0.929. The van der Waals surface area contributed by atoms with Crippen LogP contribution in [0.3, 0.4) is 0 Å². The highest BCUT2D eigenvalue weighted by molar-refractivity contribution is 7.89. The Kier molecular flexibility index (Phi) is 11.8. The first-order valence-electron chi connectivity index (χ1n) is 7.65. The Bertz CT molecular complexity index is 341. The molecule has 0 spiro atoms. The molecule has 120 valence electrons. The van der Waals surface area contributed by atoms with Crippen LogP contribution in [-0.4, -0.2) is 20.1 Å². The molecule has 0 aliphatic carbocycles. The van der Waals surface area contributed by atoms with Crippen molar-refractivity contribution in [2.45, 2.75) is 78.1 Å². The summed E-state index contributed by atoms with van der Waals surface area (Å²) in [5.74, 6) is -0.645. The van der Waals surface area contributed by atoms with Gasteiger partial charge in [0.1, 0.15) is 0 Å². The van der Waals surface area contributed by atoms with Gasteiger partial charge in [-0.25, -0.2) is 8.42 Å². The first-order chi connectivity index (χ1) is 9.48. The van der Waals surface area contributed by atoms with Crippen LogP contribution in [0.5, 0.6) is 0 Å². The average molecular weight is 307 g/mol.